The number of rotatable bonds is 7. The lowest BCUT2D eigenvalue weighted by molar-refractivity contribution is -0.124. The molecule has 1 aliphatic carbocycles. The Hall–Kier alpha value is -2.61. The highest BCUT2D eigenvalue weighted by Gasteiger charge is 2.34. The fourth-order valence-electron chi connectivity index (χ4n) is 2.46. The first-order valence-corrected chi connectivity index (χ1v) is 8.08. The molecule has 1 aromatic carbocycles. The zero-order valence-electron chi connectivity index (χ0n) is 14.4. The van der Waals surface area contributed by atoms with Crippen LogP contribution < -0.4 is 14.8 Å². The van der Waals surface area contributed by atoms with E-state index in [4.69, 9.17) is 14.0 Å². The summed E-state index contributed by atoms with van der Waals surface area (Å²) < 4.78 is 15.7. The summed E-state index contributed by atoms with van der Waals surface area (Å²) in [4.78, 5) is 16.3. The van der Waals surface area contributed by atoms with Crippen molar-refractivity contribution >= 4 is 5.91 Å². The van der Waals surface area contributed by atoms with Gasteiger partial charge in [-0.05, 0) is 38.0 Å². The van der Waals surface area contributed by atoms with Gasteiger partial charge in [-0.25, -0.2) is 0 Å². The van der Waals surface area contributed by atoms with E-state index in [0.29, 0.717) is 22.9 Å². The van der Waals surface area contributed by atoms with Crippen LogP contribution in [0.1, 0.15) is 31.7 Å². The Labute approximate surface area is 145 Å². The minimum Gasteiger partial charge on any atom is -0.493 e. The van der Waals surface area contributed by atoms with Crippen LogP contribution in [0.2, 0.25) is 0 Å². The summed E-state index contributed by atoms with van der Waals surface area (Å²) in [5.41, 5.74) is 0.672. The lowest BCUT2D eigenvalue weighted by Gasteiger charge is -2.17. The second-order valence-electron chi connectivity index (χ2n) is 6.03. The number of hydrogen-bond donors (Lipinski definition) is 2. The second kappa shape index (κ2) is 7.10. The average molecular weight is 347 g/mol. The maximum Gasteiger partial charge on any atom is 0.252 e. The Morgan fingerprint density at radius 1 is 1.32 bits per heavy atom. The number of aliphatic hydroxyl groups is 1. The molecule has 2 aromatic rings. The van der Waals surface area contributed by atoms with E-state index in [1.807, 2.05) is 0 Å². The molecular formula is C17H21N3O5. The van der Waals surface area contributed by atoms with E-state index in [9.17, 15) is 9.90 Å². The minimum absolute atomic E-state index is 0.0227. The number of amides is 1. The van der Waals surface area contributed by atoms with Crippen LogP contribution in [0, 0.1) is 5.92 Å². The molecule has 1 fully saturated rings. The van der Waals surface area contributed by atoms with Crippen LogP contribution >= 0.6 is 0 Å². The fraction of sp³-hybridized carbons (Fsp3) is 0.471. The Balaban J connectivity index is 1.83. The highest BCUT2D eigenvalue weighted by atomic mass is 16.5. The van der Waals surface area contributed by atoms with Crippen molar-refractivity contribution in [2.45, 2.75) is 31.9 Å². The van der Waals surface area contributed by atoms with Crippen molar-refractivity contribution in [3.8, 4) is 22.9 Å². The Bertz CT molecular complexity index is 754. The van der Waals surface area contributed by atoms with Crippen molar-refractivity contribution in [1.82, 2.24) is 15.5 Å². The van der Waals surface area contributed by atoms with E-state index in [0.717, 1.165) is 12.8 Å². The zero-order chi connectivity index (χ0) is 18.0. The normalized spacial score (nSPS) is 16.2. The third-order valence-corrected chi connectivity index (χ3v) is 4.08. The van der Waals surface area contributed by atoms with Gasteiger partial charge in [-0.2, -0.15) is 4.98 Å². The van der Waals surface area contributed by atoms with E-state index in [2.05, 4.69) is 15.5 Å². The number of carbonyl (C=O) groups excluding carboxylic acids is 1. The number of aliphatic hydroxyl groups excluding tert-OH is 1. The summed E-state index contributed by atoms with van der Waals surface area (Å²) >= 11 is 0. The number of nitrogens with one attached hydrogen (secondary N) is 1. The van der Waals surface area contributed by atoms with Gasteiger partial charge >= 0.3 is 0 Å². The summed E-state index contributed by atoms with van der Waals surface area (Å²) in [6.07, 6.45) is 0.888. The molecule has 1 amide bonds. The number of methoxy groups -OCH3 is 2. The van der Waals surface area contributed by atoms with Crippen molar-refractivity contribution in [1.29, 1.82) is 0 Å². The van der Waals surface area contributed by atoms with Crippen LogP contribution in [-0.4, -0.2) is 41.5 Å². The SMILES string of the molecule is COc1ccc(-c2noc([C@@H](NC(=O)C3CC3)[C@H](C)O)n2)cc1OC. The molecule has 0 saturated heterocycles. The van der Waals surface area contributed by atoms with Crippen molar-refractivity contribution in [3.05, 3.63) is 24.1 Å². The van der Waals surface area contributed by atoms with Crippen LogP contribution in [0.3, 0.4) is 0 Å². The van der Waals surface area contributed by atoms with Crippen LogP contribution in [0.5, 0.6) is 11.5 Å². The van der Waals surface area contributed by atoms with Crippen molar-refractivity contribution in [2.75, 3.05) is 14.2 Å². The largest absolute Gasteiger partial charge is 0.493 e. The van der Waals surface area contributed by atoms with Gasteiger partial charge in [-0.3, -0.25) is 4.79 Å². The van der Waals surface area contributed by atoms with E-state index < -0.39 is 12.1 Å². The highest BCUT2D eigenvalue weighted by Crippen LogP contribution is 2.32. The molecule has 1 heterocycles. The first-order valence-electron chi connectivity index (χ1n) is 8.08. The van der Waals surface area contributed by atoms with E-state index in [1.54, 1.807) is 39.3 Å². The predicted octanol–water partition coefficient (Wildman–Crippen LogP) is 1.70. The first-order chi connectivity index (χ1) is 12.0. The molecule has 1 saturated carbocycles. The van der Waals surface area contributed by atoms with Crippen LogP contribution in [0.4, 0.5) is 0 Å². The topological polar surface area (TPSA) is 107 Å². The maximum absolute atomic E-state index is 12.0. The molecule has 1 aromatic heterocycles. The van der Waals surface area contributed by atoms with E-state index in [-0.39, 0.29) is 17.7 Å². The van der Waals surface area contributed by atoms with Gasteiger partial charge in [-0.15, -0.1) is 0 Å². The van der Waals surface area contributed by atoms with Gasteiger partial charge in [0.1, 0.15) is 6.04 Å². The average Bonchev–Trinajstić information content (AvgIpc) is 3.36. The predicted molar refractivity (Wildman–Crippen MR) is 88.1 cm³/mol. The smallest absolute Gasteiger partial charge is 0.252 e. The zero-order valence-corrected chi connectivity index (χ0v) is 14.4. The summed E-state index contributed by atoms with van der Waals surface area (Å²) in [7, 11) is 3.10. The molecule has 1 aliphatic rings. The number of hydrogen-bond acceptors (Lipinski definition) is 7. The lowest BCUT2D eigenvalue weighted by Crippen LogP contribution is -2.36. The summed E-state index contributed by atoms with van der Waals surface area (Å²) in [6, 6.07) is 4.50. The fourth-order valence-corrected chi connectivity index (χ4v) is 2.46. The molecule has 3 rings (SSSR count). The van der Waals surface area contributed by atoms with Gasteiger partial charge in [0.25, 0.3) is 5.89 Å². The second-order valence-corrected chi connectivity index (χ2v) is 6.03. The molecule has 8 nitrogen and oxygen atoms in total. The maximum atomic E-state index is 12.0. The van der Waals surface area contributed by atoms with E-state index in [1.165, 1.54) is 0 Å². The molecule has 0 spiro atoms. The lowest BCUT2D eigenvalue weighted by atomic mass is 10.1. The standard InChI is InChI=1S/C17H21N3O5/c1-9(21)14(18-16(22)10-4-5-10)17-19-15(20-25-17)11-6-7-12(23-2)13(8-11)24-3/h6-10,14,21H,4-5H2,1-3H3,(H,18,22)/t9-,14-/m0/s1. The number of nitrogens with zero attached hydrogens (tertiary/aromatic N) is 2. The first kappa shape index (κ1) is 17.2. The Morgan fingerprint density at radius 2 is 2.04 bits per heavy atom. The van der Waals surface area contributed by atoms with Crippen molar-refractivity contribution in [2.24, 2.45) is 5.92 Å². The quantitative estimate of drug-likeness (QED) is 0.785. The molecule has 134 valence electrons. The van der Waals surface area contributed by atoms with Gasteiger partial charge in [0.05, 0.1) is 20.3 Å². The van der Waals surface area contributed by atoms with Crippen LogP contribution in [0.15, 0.2) is 22.7 Å². The number of benzene rings is 1. The highest BCUT2D eigenvalue weighted by molar-refractivity contribution is 5.81. The van der Waals surface area contributed by atoms with Gasteiger partial charge in [0, 0.05) is 11.5 Å². The number of aromatic nitrogens is 2. The van der Waals surface area contributed by atoms with Crippen molar-refractivity contribution in [3.63, 3.8) is 0 Å². The molecule has 8 heteroatoms. The Kier molecular flexibility index (Phi) is 4.89. The molecule has 0 aliphatic heterocycles. The van der Waals surface area contributed by atoms with Gasteiger partial charge in [0.2, 0.25) is 11.7 Å². The van der Waals surface area contributed by atoms with Crippen LogP contribution in [0.25, 0.3) is 11.4 Å². The molecule has 0 bridgehead atoms. The molecule has 0 unspecified atom stereocenters. The molecule has 0 radical (unpaired) electrons. The van der Waals surface area contributed by atoms with E-state index >= 15 is 0 Å². The number of carbonyl (C=O) groups is 1. The molecule has 2 N–H and O–H groups in total. The number of ether oxygens (including phenoxy) is 2. The van der Waals surface area contributed by atoms with Crippen LogP contribution in [-0.2, 0) is 4.79 Å². The monoisotopic (exact) mass is 347 g/mol. The van der Waals surface area contributed by atoms with Gasteiger partial charge < -0.3 is 24.4 Å². The minimum atomic E-state index is -0.860. The summed E-state index contributed by atoms with van der Waals surface area (Å²) in [5.74, 6) is 1.55. The van der Waals surface area contributed by atoms with Crippen molar-refractivity contribution < 1.29 is 23.9 Å². The third-order valence-electron chi connectivity index (χ3n) is 4.08. The molecule has 2 atom stereocenters. The molecule has 25 heavy (non-hydrogen) atoms. The summed E-state index contributed by atoms with van der Waals surface area (Å²) in [5, 5.41) is 16.7. The van der Waals surface area contributed by atoms with Gasteiger partial charge in [-0.1, -0.05) is 5.16 Å². The molecular weight excluding hydrogens is 326 g/mol. The Morgan fingerprint density at radius 3 is 2.64 bits per heavy atom. The third kappa shape index (κ3) is 3.74. The summed E-state index contributed by atoms with van der Waals surface area (Å²) in [6.45, 7) is 1.57. The van der Waals surface area contributed by atoms with Gasteiger partial charge in [0.15, 0.2) is 11.5 Å².